The van der Waals surface area contributed by atoms with Crippen LogP contribution in [0.15, 0.2) is 194 Å². The van der Waals surface area contributed by atoms with Gasteiger partial charge in [-0.05, 0) is 138 Å². The van der Waals surface area contributed by atoms with Crippen LogP contribution in [-0.2, 0) is 16.2 Å². The first-order valence-corrected chi connectivity index (χ1v) is 25.1. The Kier molecular flexibility index (Phi) is 10.3. The number of benzene rings is 8. The van der Waals surface area contributed by atoms with E-state index in [0.29, 0.717) is 33.6 Å². The molecule has 0 aliphatic heterocycles. The fraction of sp³-hybridized carbons (Fsp3) is 0.217. The maximum Gasteiger partial charge on any atom is 0.149 e. The largest absolute Gasteiger partial charge is 0.507 e. The SMILES string of the molecule is [2H]c1nc(-c2cc(-c3ccccc3)cc(-c3cccc4c3nc(-c3cc(C(C)(C)C)cc(C(C)(C)C)c3O)n4-c3cc(-c4ccccc4)c(C([2H])(C)C)cc3-c3ccccc3)c2)c([2H])c(-c2c([2H])c([2H])c(C(C)(C)C)c([2H])c2[2H])c1[2H]. The van der Waals surface area contributed by atoms with Gasteiger partial charge < -0.3 is 5.11 Å². The first kappa shape index (κ1) is 39.8. The smallest absolute Gasteiger partial charge is 0.149 e. The molecule has 1 N–H and O–H groups in total. The molecule has 73 heavy (non-hydrogen) atoms. The Morgan fingerprint density at radius 1 is 0.493 bits per heavy atom. The summed E-state index contributed by atoms with van der Waals surface area (Å²) in [7, 11) is 0. The number of aromatic nitrogens is 3. The number of pyridine rings is 1. The molecule has 8 aromatic carbocycles. The number of rotatable bonds is 9. The van der Waals surface area contributed by atoms with Crippen LogP contribution in [0.5, 0.6) is 5.75 Å². The predicted molar refractivity (Wildman–Crippen MR) is 309 cm³/mol. The van der Waals surface area contributed by atoms with Gasteiger partial charge in [0, 0.05) is 29.8 Å². The third-order valence-corrected chi connectivity index (χ3v) is 13.6. The first-order chi connectivity index (χ1) is 38.1. The number of imidazole rings is 1. The molecular formula is C69H67N3O. The summed E-state index contributed by atoms with van der Waals surface area (Å²) >= 11 is 0. The second kappa shape index (κ2) is 19.0. The maximum absolute atomic E-state index is 12.9. The van der Waals surface area contributed by atoms with Crippen molar-refractivity contribution in [1.82, 2.24) is 14.5 Å². The van der Waals surface area contributed by atoms with Gasteiger partial charge in [-0.25, -0.2) is 4.98 Å². The van der Waals surface area contributed by atoms with Gasteiger partial charge in [-0.15, -0.1) is 0 Å². The molecule has 0 fully saturated rings. The van der Waals surface area contributed by atoms with E-state index < -0.39 is 41.0 Å². The molecule has 10 aromatic rings. The van der Waals surface area contributed by atoms with E-state index in [0.717, 1.165) is 61.3 Å². The van der Waals surface area contributed by atoms with Crippen LogP contribution < -0.4 is 0 Å². The van der Waals surface area contributed by atoms with Gasteiger partial charge in [-0.1, -0.05) is 210 Å². The molecule has 0 spiro atoms. The quantitative estimate of drug-likeness (QED) is 0.157. The number of phenols is 1. The van der Waals surface area contributed by atoms with Crippen LogP contribution in [0.25, 0.3) is 95.0 Å². The molecule has 364 valence electrons. The van der Waals surface area contributed by atoms with Crippen molar-refractivity contribution in [2.24, 2.45) is 0 Å². The van der Waals surface area contributed by atoms with Crippen LogP contribution in [0.3, 0.4) is 0 Å². The van der Waals surface area contributed by atoms with Crippen LogP contribution in [0, 0.1) is 0 Å². The van der Waals surface area contributed by atoms with Crippen molar-refractivity contribution in [3.05, 3.63) is 216 Å². The number of fused-ring (bicyclic) bond motifs is 1. The Morgan fingerprint density at radius 2 is 1.08 bits per heavy atom. The van der Waals surface area contributed by atoms with Crippen LogP contribution in [0.2, 0.25) is 0 Å². The topological polar surface area (TPSA) is 50.9 Å². The normalized spacial score (nSPS) is 13.9. The van der Waals surface area contributed by atoms with Crippen LogP contribution in [-0.4, -0.2) is 19.6 Å². The van der Waals surface area contributed by atoms with Crippen molar-refractivity contribution >= 4 is 11.0 Å². The summed E-state index contributed by atoms with van der Waals surface area (Å²) in [5, 5.41) is 12.9. The summed E-state index contributed by atoms with van der Waals surface area (Å²) < 4.78 is 76.3. The number of phenolic OH excluding ortho intramolecular Hbond substituents is 1. The van der Waals surface area contributed by atoms with Gasteiger partial charge in [0.05, 0.1) is 37.6 Å². The number of hydrogen-bond acceptors (Lipinski definition) is 3. The highest BCUT2D eigenvalue weighted by atomic mass is 16.3. The molecule has 0 radical (unpaired) electrons. The lowest BCUT2D eigenvalue weighted by Crippen LogP contribution is -2.17. The van der Waals surface area contributed by atoms with Crippen molar-refractivity contribution in [1.29, 1.82) is 0 Å². The number of nitrogens with zero attached hydrogens (tertiary/aromatic N) is 3. The molecule has 0 atom stereocenters. The molecule has 4 nitrogen and oxygen atoms in total. The minimum atomic E-state index is -1.02. The van der Waals surface area contributed by atoms with Gasteiger partial charge in [0.25, 0.3) is 0 Å². The average molecular weight is 962 g/mol. The molecule has 0 aliphatic rings. The molecule has 0 amide bonds. The third kappa shape index (κ3) is 9.67. The van der Waals surface area contributed by atoms with E-state index in [-0.39, 0.29) is 51.7 Å². The van der Waals surface area contributed by atoms with E-state index in [1.807, 2.05) is 132 Å². The summed E-state index contributed by atoms with van der Waals surface area (Å²) in [5.74, 6) is -0.418. The molecular weight excluding hydrogens is 887 g/mol. The minimum Gasteiger partial charge on any atom is -0.507 e. The van der Waals surface area contributed by atoms with Crippen molar-refractivity contribution in [2.75, 3.05) is 0 Å². The zero-order chi connectivity index (χ0) is 58.4. The van der Waals surface area contributed by atoms with E-state index in [9.17, 15) is 10.6 Å². The highest BCUT2D eigenvalue weighted by Gasteiger charge is 2.30. The molecule has 0 unspecified atom stereocenters. The molecule has 0 saturated carbocycles. The lowest BCUT2D eigenvalue weighted by molar-refractivity contribution is 0.446. The molecule has 0 aliphatic carbocycles. The van der Waals surface area contributed by atoms with Crippen molar-refractivity contribution < 1.29 is 16.1 Å². The lowest BCUT2D eigenvalue weighted by Gasteiger charge is -2.28. The fourth-order valence-electron chi connectivity index (χ4n) is 9.57. The Labute approximate surface area is 444 Å². The molecule has 0 saturated heterocycles. The van der Waals surface area contributed by atoms with Gasteiger partial charge in [0.15, 0.2) is 0 Å². The standard InChI is InChI=1S/C69H67N3O/c1-44(2)56-42-58(48-26-19-14-20-27-48)63(43-57(56)47-24-17-13-18-25-47)72-62-29-21-28-55(64(62)71-66(72)59-40-54(68(6,7)8)41-60(65(59)73)69(9,10)11)51-36-50(45-22-15-12-16-23-45)37-52(38-51)61-39-49(34-35-70-61)46-30-32-53(33-31-46)67(3,4)5/h12-44,73H,1-11H3/i30D,31D,32D,33D,34D,35D,39D,44D. The molecule has 4 heteroatoms. The van der Waals surface area contributed by atoms with Crippen LogP contribution in [0.4, 0.5) is 0 Å². The van der Waals surface area contributed by atoms with Crippen molar-refractivity contribution in [2.45, 2.75) is 98.3 Å². The summed E-state index contributed by atoms with van der Waals surface area (Å²) in [5.41, 5.74) is 10.5. The van der Waals surface area contributed by atoms with Crippen LogP contribution in [0.1, 0.15) is 115 Å². The van der Waals surface area contributed by atoms with Gasteiger partial charge in [-0.2, -0.15) is 0 Å². The molecule has 2 heterocycles. The number of hydrogen-bond donors (Lipinski definition) is 1. The third-order valence-electron chi connectivity index (χ3n) is 13.6. The van der Waals surface area contributed by atoms with Gasteiger partial charge >= 0.3 is 0 Å². The van der Waals surface area contributed by atoms with Crippen LogP contribution >= 0.6 is 0 Å². The Bertz CT molecular complexity index is 4080. The summed E-state index contributed by atoms with van der Waals surface area (Å²) in [6.45, 7) is 22.0. The zero-order valence-electron chi connectivity index (χ0n) is 51.7. The Hall–Kier alpha value is -7.82. The minimum absolute atomic E-state index is 0.0252. The zero-order valence-corrected chi connectivity index (χ0v) is 43.7. The lowest BCUT2D eigenvalue weighted by atomic mass is 9.79. The summed E-state index contributed by atoms with van der Waals surface area (Å²) in [4.78, 5) is 10.3. The van der Waals surface area contributed by atoms with Crippen molar-refractivity contribution in [3.63, 3.8) is 0 Å². The molecule has 0 bridgehead atoms. The fourth-order valence-corrected chi connectivity index (χ4v) is 9.57. The Balaban J connectivity index is 1.34. The summed E-state index contributed by atoms with van der Waals surface area (Å²) in [6, 6.07) is 48.2. The number of para-hydroxylation sites is 1. The van der Waals surface area contributed by atoms with Crippen molar-refractivity contribution in [3.8, 4) is 89.7 Å². The van der Waals surface area contributed by atoms with Gasteiger partial charge in [0.2, 0.25) is 0 Å². The highest BCUT2D eigenvalue weighted by molar-refractivity contribution is 5.99. The monoisotopic (exact) mass is 962 g/mol. The number of aromatic hydroxyl groups is 1. The van der Waals surface area contributed by atoms with Gasteiger partial charge in [0.1, 0.15) is 11.6 Å². The van der Waals surface area contributed by atoms with E-state index in [4.69, 9.17) is 10.5 Å². The Morgan fingerprint density at radius 3 is 1.68 bits per heavy atom. The first-order valence-electron chi connectivity index (χ1n) is 29.1. The second-order valence-electron chi connectivity index (χ2n) is 22.4. The predicted octanol–water partition coefficient (Wildman–Crippen LogP) is 18.8. The average Bonchev–Trinajstić information content (AvgIpc) is 3.57. The van der Waals surface area contributed by atoms with E-state index >= 15 is 0 Å². The maximum atomic E-state index is 12.9. The van der Waals surface area contributed by atoms with Gasteiger partial charge in [-0.3, -0.25) is 9.55 Å². The van der Waals surface area contributed by atoms with E-state index in [2.05, 4.69) is 106 Å². The van der Waals surface area contributed by atoms with E-state index in [1.165, 1.54) is 0 Å². The molecule has 10 rings (SSSR count). The summed E-state index contributed by atoms with van der Waals surface area (Å²) in [6.07, 6.45) is -0.485. The molecule has 2 aromatic heterocycles. The second-order valence-corrected chi connectivity index (χ2v) is 22.4. The highest BCUT2D eigenvalue weighted by Crippen LogP contribution is 2.47. The van der Waals surface area contributed by atoms with E-state index in [1.54, 1.807) is 0 Å².